The van der Waals surface area contributed by atoms with Crippen LogP contribution in [0, 0.1) is 0 Å². The zero-order valence-electron chi connectivity index (χ0n) is 14.1. The highest BCUT2D eigenvalue weighted by molar-refractivity contribution is 7.98. The van der Waals surface area contributed by atoms with Crippen LogP contribution in [0.5, 0.6) is 0 Å². The summed E-state index contributed by atoms with van der Waals surface area (Å²) in [5.74, 6) is 0.922. The van der Waals surface area contributed by atoms with Crippen LogP contribution in [0.4, 0.5) is 0 Å². The van der Waals surface area contributed by atoms with Gasteiger partial charge in [-0.15, -0.1) is 10.2 Å². The van der Waals surface area contributed by atoms with Crippen molar-refractivity contribution in [2.24, 2.45) is 0 Å². The maximum atomic E-state index is 11.7. The number of esters is 1. The van der Waals surface area contributed by atoms with E-state index in [1.807, 2.05) is 30.4 Å². The van der Waals surface area contributed by atoms with Gasteiger partial charge in [-0.25, -0.2) is 4.79 Å². The van der Waals surface area contributed by atoms with Crippen molar-refractivity contribution in [1.82, 2.24) is 19.6 Å². The van der Waals surface area contributed by atoms with Gasteiger partial charge in [-0.2, -0.15) is 0 Å². The van der Waals surface area contributed by atoms with Crippen molar-refractivity contribution in [2.45, 2.75) is 30.7 Å². The molecule has 3 aromatic rings. The van der Waals surface area contributed by atoms with Crippen LogP contribution < -0.4 is 5.56 Å². The second-order valence-corrected chi connectivity index (χ2v) is 6.77. The predicted octanol–water partition coefficient (Wildman–Crippen LogP) is 2.62. The highest BCUT2D eigenvalue weighted by Gasteiger charge is 2.14. The Balaban J connectivity index is 1.84. The van der Waals surface area contributed by atoms with E-state index < -0.39 is 0 Å². The molecule has 0 spiro atoms. The molecule has 2 heterocycles. The number of methoxy groups -OCH3 is 1. The predicted molar refractivity (Wildman–Crippen MR) is 95.0 cm³/mol. The molecule has 0 atom stereocenters. The molecule has 0 radical (unpaired) electrons. The fourth-order valence-electron chi connectivity index (χ4n) is 2.45. The highest BCUT2D eigenvalue weighted by Crippen LogP contribution is 2.24. The lowest BCUT2D eigenvalue weighted by atomic mass is 10.1. The number of hydrogen-bond donors (Lipinski definition) is 1. The largest absolute Gasteiger partial charge is 0.465 e. The van der Waals surface area contributed by atoms with Crippen LogP contribution >= 0.6 is 11.8 Å². The Morgan fingerprint density at radius 2 is 2.00 bits per heavy atom. The molecular weight excluding hydrogens is 340 g/mol. The second-order valence-electron chi connectivity index (χ2n) is 5.83. The molecule has 25 heavy (non-hydrogen) atoms. The number of nitrogens with zero attached hydrogens (tertiary/aromatic N) is 3. The first-order chi connectivity index (χ1) is 12.0. The van der Waals surface area contributed by atoms with Gasteiger partial charge in [-0.05, 0) is 23.6 Å². The van der Waals surface area contributed by atoms with Crippen molar-refractivity contribution in [3.05, 3.63) is 57.5 Å². The minimum atomic E-state index is -0.354. The van der Waals surface area contributed by atoms with Crippen LogP contribution in [0.25, 0.3) is 5.78 Å². The van der Waals surface area contributed by atoms with Crippen molar-refractivity contribution in [3.63, 3.8) is 0 Å². The van der Waals surface area contributed by atoms with Gasteiger partial charge in [0.2, 0.25) is 5.78 Å². The van der Waals surface area contributed by atoms with Gasteiger partial charge in [-0.3, -0.25) is 14.2 Å². The van der Waals surface area contributed by atoms with Crippen LogP contribution in [0.1, 0.15) is 41.4 Å². The standard InChI is InChI=1S/C17H18N4O3S/c1-10(2)13-8-14(22)18-16-19-20-17(21(13)16)25-9-11-4-6-12(7-5-11)15(23)24-3/h4-8,10H,9H2,1-3H3,(H,18,19,22). The third-order valence-corrected chi connectivity index (χ3v) is 4.74. The number of aromatic amines is 1. The van der Waals surface area contributed by atoms with Gasteiger partial charge in [0.1, 0.15) is 0 Å². The lowest BCUT2D eigenvalue weighted by molar-refractivity contribution is 0.0600. The average molecular weight is 358 g/mol. The van der Waals surface area contributed by atoms with E-state index in [2.05, 4.69) is 15.2 Å². The molecule has 130 valence electrons. The maximum Gasteiger partial charge on any atom is 0.337 e. The van der Waals surface area contributed by atoms with Crippen LogP contribution in [-0.2, 0) is 10.5 Å². The molecule has 0 aliphatic carbocycles. The monoisotopic (exact) mass is 358 g/mol. The van der Waals surface area contributed by atoms with Gasteiger partial charge < -0.3 is 4.74 Å². The van der Waals surface area contributed by atoms with Gasteiger partial charge >= 0.3 is 5.97 Å². The topological polar surface area (TPSA) is 89.3 Å². The molecule has 1 N–H and O–H groups in total. The van der Waals surface area contributed by atoms with E-state index in [-0.39, 0.29) is 17.4 Å². The molecule has 0 aliphatic rings. The highest BCUT2D eigenvalue weighted by atomic mass is 32.2. The Bertz CT molecular complexity index is 960. The number of carbonyl (C=O) groups excluding carboxylic acids is 1. The van der Waals surface area contributed by atoms with E-state index >= 15 is 0 Å². The molecule has 3 rings (SSSR count). The SMILES string of the molecule is COC(=O)c1ccc(CSc2nnc3[nH]c(=O)cc(C(C)C)n23)cc1. The summed E-state index contributed by atoms with van der Waals surface area (Å²) in [6, 6.07) is 8.82. The van der Waals surface area contributed by atoms with E-state index in [1.165, 1.54) is 18.9 Å². The average Bonchev–Trinajstić information content (AvgIpc) is 3.01. The summed E-state index contributed by atoms with van der Waals surface area (Å²) in [5, 5.41) is 8.96. The summed E-state index contributed by atoms with van der Waals surface area (Å²) in [6.45, 7) is 4.04. The van der Waals surface area contributed by atoms with Crippen molar-refractivity contribution in [1.29, 1.82) is 0 Å². The number of hydrogen-bond acceptors (Lipinski definition) is 6. The molecule has 0 aliphatic heterocycles. The molecule has 2 aromatic heterocycles. The van der Waals surface area contributed by atoms with Gasteiger partial charge in [-0.1, -0.05) is 37.7 Å². The van der Waals surface area contributed by atoms with E-state index in [1.54, 1.807) is 18.2 Å². The number of ether oxygens (including phenoxy) is 1. The van der Waals surface area contributed by atoms with Crippen LogP contribution in [0.15, 0.2) is 40.3 Å². The van der Waals surface area contributed by atoms with Gasteiger partial charge in [0, 0.05) is 17.5 Å². The van der Waals surface area contributed by atoms with Crippen LogP contribution in [0.2, 0.25) is 0 Å². The fourth-order valence-corrected chi connectivity index (χ4v) is 3.36. The molecule has 8 heteroatoms. The van der Waals surface area contributed by atoms with Gasteiger partial charge in [0.15, 0.2) is 5.16 Å². The maximum absolute atomic E-state index is 11.7. The summed E-state index contributed by atoms with van der Waals surface area (Å²) in [5.41, 5.74) is 2.25. The van der Waals surface area contributed by atoms with E-state index in [0.29, 0.717) is 22.3 Å². The molecule has 0 saturated heterocycles. The van der Waals surface area contributed by atoms with E-state index in [0.717, 1.165) is 11.3 Å². The molecule has 0 saturated carbocycles. The number of H-pyrrole nitrogens is 1. The van der Waals surface area contributed by atoms with Crippen molar-refractivity contribution >= 4 is 23.5 Å². The van der Waals surface area contributed by atoms with Crippen LogP contribution in [-0.4, -0.2) is 32.7 Å². The molecule has 0 amide bonds. The van der Waals surface area contributed by atoms with Crippen molar-refractivity contribution in [3.8, 4) is 0 Å². The Labute approximate surface area is 148 Å². The Morgan fingerprint density at radius 3 is 2.64 bits per heavy atom. The zero-order chi connectivity index (χ0) is 18.0. The van der Waals surface area contributed by atoms with Crippen molar-refractivity contribution < 1.29 is 9.53 Å². The third-order valence-electron chi connectivity index (χ3n) is 3.74. The van der Waals surface area contributed by atoms with Gasteiger partial charge in [0.05, 0.1) is 12.7 Å². The quantitative estimate of drug-likeness (QED) is 0.557. The molecule has 1 aromatic carbocycles. The van der Waals surface area contributed by atoms with Crippen molar-refractivity contribution in [2.75, 3.05) is 7.11 Å². The number of carbonyl (C=O) groups is 1. The summed E-state index contributed by atoms with van der Waals surface area (Å²) < 4.78 is 6.57. The third kappa shape index (κ3) is 3.58. The number of rotatable bonds is 5. The second kappa shape index (κ2) is 7.10. The number of benzene rings is 1. The molecular formula is C17H18N4O3S. The summed E-state index contributed by atoms with van der Waals surface area (Å²) in [7, 11) is 1.36. The Hall–Kier alpha value is -2.61. The lowest BCUT2D eigenvalue weighted by Crippen LogP contribution is -2.12. The molecule has 7 nitrogen and oxygen atoms in total. The van der Waals surface area contributed by atoms with E-state index in [9.17, 15) is 9.59 Å². The molecule has 0 unspecified atom stereocenters. The smallest absolute Gasteiger partial charge is 0.337 e. The summed E-state index contributed by atoms with van der Waals surface area (Å²) in [4.78, 5) is 25.9. The zero-order valence-corrected chi connectivity index (χ0v) is 15.0. The molecule has 0 bridgehead atoms. The minimum Gasteiger partial charge on any atom is -0.465 e. The molecule has 0 fully saturated rings. The first-order valence-corrected chi connectivity index (χ1v) is 8.76. The lowest BCUT2D eigenvalue weighted by Gasteiger charge is -2.09. The summed E-state index contributed by atoms with van der Waals surface area (Å²) in [6.07, 6.45) is 0. The number of thioether (sulfide) groups is 1. The number of fused-ring (bicyclic) bond motifs is 1. The Kier molecular flexibility index (Phi) is 4.89. The number of nitrogens with one attached hydrogen (secondary N) is 1. The first kappa shape index (κ1) is 17.2. The first-order valence-electron chi connectivity index (χ1n) is 7.78. The van der Waals surface area contributed by atoms with Crippen LogP contribution in [0.3, 0.4) is 0 Å². The van der Waals surface area contributed by atoms with Gasteiger partial charge in [0.25, 0.3) is 5.56 Å². The normalized spacial score (nSPS) is 11.2. The Morgan fingerprint density at radius 1 is 1.28 bits per heavy atom. The number of aromatic nitrogens is 4. The fraction of sp³-hybridized carbons (Fsp3) is 0.294. The summed E-state index contributed by atoms with van der Waals surface area (Å²) >= 11 is 1.52. The minimum absolute atomic E-state index is 0.166. The van der Waals surface area contributed by atoms with E-state index in [4.69, 9.17) is 4.74 Å².